The third-order valence-corrected chi connectivity index (χ3v) is 5.56. The number of hydrogen-bond acceptors (Lipinski definition) is 2. The van der Waals surface area contributed by atoms with E-state index < -0.39 is 0 Å². The Morgan fingerprint density at radius 3 is 2.33 bits per heavy atom. The molecule has 2 rings (SSSR count). The second kappa shape index (κ2) is 5.92. The van der Waals surface area contributed by atoms with E-state index in [0.717, 1.165) is 24.2 Å². The Bertz CT molecular complexity index is 262. The maximum absolute atomic E-state index is 10.1. The molecule has 0 aliphatic heterocycles. The maximum Gasteiger partial charge on any atom is 0.0602 e. The van der Waals surface area contributed by atoms with Crippen molar-refractivity contribution in [3.8, 4) is 0 Å². The van der Waals surface area contributed by atoms with Crippen LogP contribution in [0.1, 0.15) is 52.9 Å². The van der Waals surface area contributed by atoms with Crippen LogP contribution in [0.25, 0.3) is 0 Å². The lowest BCUT2D eigenvalue weighted by molar-refractivity contribution is -0.0461. The Hall–Kier alpha value is -0.0800. The van der Waals surface area contributed by atoms with E-state index >= 15 is 0 Å². The maximum atomic E-state index is 10.1. The molecule has 106 valence electrons. The van der Waals surface area contributed by atoms with Gasteiger partial charge in [-0.05, 0) is 61.7 Å². The molecule has 2 aliphatic carbocycles. The van der Waals surface area contributed by atoms with Crippen LogP contribution in [0.4, 0.5) is 0 Å². The number of hydrogen-bond donors (Lipinski definition) is 1. The number of ether oxygens (including phenoxy) is 1. The summed E-state index contributed by atoms with van der Waals surface area (Å²) >= 11 is 0. The van der Waals surface area contributed by atoms with Crippen molar-refractivity contribution < 1.29 is 9.84 Å². The van der Waals surface area contributed by atoms with Gasteiger partial charge in [0.2, 0.25) is 0 Å². The van der Waals surface area contributed by atoms with Crippen LogP contribution < -0.4 is 0 Å². The van der Waals surface area contributed by atoms with Crippen LogP contribution in [-0.2, 0) is 4.74 Å². The van der Waals surface area contributed by atoms with E-state index in [1.165, 1.54) is 25.7 Å². The van der Waals surface area contributed by atoms with Gasteiger partial charge in [0.25, 0.3) is 0 Å². The molecule has 0 aromatic heterocycles. The van der Waals surface area contributed by atoms with Gasteiger partial charge in [0.05, 0.1) is 12.2 Å². The van der Waals surface area contributed by atoms with Gasteiger partial charge in [-0.25, -0.2) is 0 Å². The predicted octanol–water partition coefficient (Wildman–Crippen LogP) is 3.48. The van der Waals surface area contributed by atoms with Crippen LogP contribution >= 0.6 is 0 Å². The average molecular weight is 254 g/mol. The van der Waals surface area contributed by atoms with Crippen LogP contribution in [0.3, 0.4) is 0 Å². The highest BCUT2D eigenvalue weighted by Gasteiger charge is 2.41. The van der Waals surface area contributed by atoms with E-state index in [-0.39, 0.29) is 6.10 Å². The quantitative estimate of drug-likeness (QED) is 0.814. The summed E-state index contributed by atoms with van der Waals surface area (Å²) in [5, 5.41) is 10.1. The van der Waals surface area contributed by atoms with Crippen molar-refractivity contribution in [2.24, 2.45) is 29.6 Å². The molecule has 0 aromatic carbocycles. The summed E-state index contributed by atoms with van der Waals surface area (Å²) in [5.74, 6) is 3.38. The lowest BCUT2D eigenvalue weighted by atomic mass is 9.69. The Balaban J connectivity index is 1.88. The molecule has 1 N–H and O–H groups in total. The largest absolute Gasteiger partial charge is 0.393 e. The van der Waals surface area contributed by atoms with Gasteiger partial charge in [0.15, 0.2) is 0 Å². The minimum absolute atomic E-state index is 0.0539. The van der Waals surface area contributed by atoms with Crippen LogP contribution in [0, 0.1) is 29.6 Å². The molecule has 6 atom stereocenters. The zero-order valence-electron chi connectivity index (χ0n) is 12.4. The van der Waals surface area contributed by atoms with Gasteiger partial charge in [-0.3, -0.25) is 0 Å². The highest BCUT2D eigenvalue weighted by atomic mass is 16.5. The van der Waals surface area contributed by atoms with Gasteiger partial charge >= 0.3 is 0 Å². The molecule has 2 fully saturated rings. The Kier molecular flexibility index (Phi) is 4.71. The molecule has 0 heterocycles. The third-order valence-electron chi connectivity index (χ3n) is 5.56. The number of aliphatic hydroxyl groups excluding tert-OH is 1. The molecule has 0 amide bonds. The highest BCUT2D eigenvalue weighted by molar-refractivity contribution is 4.91. The van der Waals surface area contributed by atoms with Gasteiger partial charge in [-0.1, -0.05) is 20.8 Å². The molecule has 0 spiro atoms. The zero-order valence-corrected chi connectivity index (χ0v) is 12.4. The summed E-state index contributed by atoms with van der Waals surface area (Å²) in [5.41, 5.74) is 0. The van der Waals surface area contributed by atoms with Crippen molar-refractivity contribution in [2.45, 2.75) is 65.1 Å². The number of aliphatic hydroxyl groups is 1. The molecule has 0 radical (unpaired) electrons. The van der Waals surface area contributed by atoms with Gasteiger partial charge < -0.3 is 9.84 Å². The summed E-state index contributed by atoms with van der Waals surface area (Å²) in [6, 6.07) is 0. The van der Waals surface area contributed by atoms with Crippen molar-refractivity contribution in [1.29, 1.82) is 0 Å². The smallest absolute Gasteiger partial charge is 0.0602 e. The van der Waals surface area contributed by atoms with Gasteiger partial charge in [-0.2, -0.15) is 0 Å². The molecule has 2 heteroatoms. The zero-order chi connectivity index (χ0) is 13.3. The normalized spacial score (nSPS) is 42.0. The second-order valence-corrected chi connectivity index (χ2v) is 6.95. The van der Waals surface area contributed by atoms with E-state index in [0.29, 0.717) is 17.9 Å². The molecule has 2 saturated carbocycles. The van der Waals surface area contributed by atoms with Crippen molar-refractivity contribution in [1.82, 2.24) is 0 Å². The van der Waals surface area contributed by atoms with Crippen molar-refractivity contribution in [3.63, 3.8) is 0 Å². The lowest BCUT2D eigenvalue weighted by Crippen LogP contribution is -2.38. The van der Waals surface area contributed by atoms with Gasteiger partial charge in [0, 0.05) is 7.11 Å². The van der Waals surface area contributed by atoms with E-state index in [1.807, 2.05) is 7.11 Å². The summed E-state index contributed by atoms with van der Waals surface area (Å²) < 4.78 is 5.53. The fourth-order valence-electron chi connectivity index (χ4n) is 4.44. The van der Waals surface area contributed by atoms with Crippen LogP contribution in [-0.4, -0.2) is 24.4 Å². The Morgan fingerprint density at radius 1 is 1.11 bits per heavy atom. The second-order valence-electron chi connectivity index (χ2n) is 6.95. The molecule has 0 bridgehead atoms. The first-order valence-corrected chi connectivity index (χ1v) is 7.75. The molecule has 2 nitrogen and oxygen atoms in total. The lowest BCUT2D eigenvalue weighted by Gasteiger charge is -2.41. The Morgan fingerprint density at radius 2 is 1.83 bits per heavy atom. The topological polar surface area (TPSA) is 29.5 Å². The molecule has 0 saturated heterocycles. The van der Waals surface area contributed by atoms with Crippen molar-refractivity contribution >= 4 is 0 Å². The van der Waals surface area contributed by atoms with Crippen LogP contribution in [0.15, 0.2) is 0 Å². The summed E-state index contributed by atoms with van der Waals surface area (Å²) in [7, 11) is 1.85. The van der Waals surface area contributed by atoms with Crippen LogP contribution in [0.5, 0.6) is 0 Å². The average Bonchev–Trinajstić information content (AvgIpc) is 2.58. The molecule has 4 unspecified atom stereocenters. The standard InChI is InChI=1S/C16H30O2/c1-10(2)16-12(5-7-14(16)17)9-11(3)13-6-8-15(13)18-4/h10-17H,5-9H2,1-4H3/t11?,12?,13-,14?,15+,16?/m1/s1. The summed E-state index contributed by atoms with van der Waals surface area (Å²) in [4.78, 5) is 0. The molecule has 0 aromatic rings. The molecular formula is C16H30O2. The third kappa shape index (κ3) is 2.75. The summed E-state index contributed by atoms with van der Waals surface area (Å²) in [6.45, 7) is 6.91. The van der Waals surface area contributed by atoms with Crippen LogP contribution in [0.2, 0.25) is 0 Å². The summed E-state index contributed by atoms with van der Waals surface area (Å²) in [6.07, 6.45) is 6.54. The number of methoxy groups -OCH3 is 1. The SMILES string of the molecule is CO[C@H]1CC[C@@H]1C(C)CC1CCC(O)C1C(C)C. The number of rotatable bonds is 5. The van der Waals surface area contributed by atoms with E-state index in [1.54, 1.807) is 0 Å². The predicted molar refractivity (Wildman–Crippen MR) is 74.4 cm³/mol. The Labute approximate surface area is 112 Å². The minimum atomic E-state index is -0.0539. The van der Waals surface area contributed by atoms with Gasteiger partial charge in [0.1, 0.15) is 0 Å². The van der Waals surface area contributed by atoms with Crippen molar-refractivity contribution in [2.75, 3.05) is 7.11 Å². The van der Waals surface area contributed by atoms with Gasteiger partial charge in [-0.15, -0.1) is 0 Å². The van der Waals surface area contributed by atoms with E-state index in [4.69, 9.17) is 4.74 Å². The molecule has 2 aliphatic rings. The fraction of sp³-hybridized carbons (Fsp3) is 1.00. The first kappa shape index (κ1) is 14.3. The fourth-order valence-corrected chi connectivity index (χ4v) is 4.44. The van der Waals surface area contributed by atoms with E-state index in [2.05, 4.69) is 20.8 Å². The van der Waals surface area contributed by atoms with E-state index in [9.17, 15) is 5.11 Å². The molecular weight excluding hydrogens is 224 g/mol. The monoisotopic (exact) mass is 254 g/mol. The molecule has 18 heavy (non-hydrogen) atoms. The van der Waals surface area contributed by atoms with Crippen molar-refractivity contribution in [3.05, 3.63) is 0 Å². The highest BCUT2D eigenvalue weighted by Crippen LogP contribution is 2.45. The first-order chi connectivity index (χ1) is 8.54. The first-order valence-electron chi connectivity index (χ1n) is 7.75. The minimum Gasteiger partial charge on any atom is -0.393 e.